The Morgan fingerprint density at radius 3 is 2.50 bits per heavy atom. The molecule has 0 aliphatic carbocycles. The molecule has 0 atom stereocenters. The summed E-state index contributed by atoms with van der Waals surface area (Å²) in [5, 5.41) is 20.2. The number of aromatic hydroxyl groups is 1. The molecule has 0 saturated heterocycles. The quantitative estimate of drug-likeness (QED) is 0.350. The van der Waals surface area contributed by atoms with E-state index in [9.17, 15) is 18.1 Å². The monoisotopic (exact) mass is 425 g/mol. The van der Waals surface area contributed by atoms with E-state index in [4.69, 9.17) is 12.7 Å². The standard InChI is InChI=1S/C20H20BN3O5S/c1-12-10-13-6-4-5-7-14(13)19(25)18(12)23-22-16-8-9-17(29-3)15(11-24(2)21)20(16)30(26,27)28/h4-10,25H,11H2,1-3H3,(H,26,27,28). The number of azo groups is 1. The Balaban J connectivity index is 2.20. The number of methoxy groups -OCH3 is 1. The predicted molar refractivity (Wildman–Crippen MR) is 115 cm³/mol. The molecule has 0 aliphatic rings. The van der Waals surface area contributed by atoms with E-state index in [1.807, 2.05) is 18.2 Å². The van der Waals surface area contributed by atoms with Crippen molar-refractivity contribution in [3.8, 4) is 11.5 Å². The Kier molecular flexibility index (Phi) is 6.11. The molecule has 3 aromatic rings. The lowest BCUT2D eigenvalue weighted by molar-refractivity contribution is 0.397. The number of phenols is 1. The molecule has 10 heteroatoms. The molecule has 0 amide bonds. The van der Waals surface area contributed by atoms with Crippen molar-refractivity contribution in [1.29, 1.82) is 0 Å². The van der Waals surface area contributed by atoms with E-state index >= 15 is 0 Å². The second kappa shape index (κ2) is 8.43. The van der Waals surface area contributed by atoms with Gasteiger partial charge in [-0.3, -0.25) is 4.55 Å². The SMILES string of the molecule is [B]N(C)Cc1c(OC)ccc(N=Nc2c(C)cc3ccccc3c2O)c1S(=O)(=O)O. The minimum absolute atomic E-state index is 0.0259. The van der Waals surface area contributed by atoms with E-state index in [-0.39, 0.29) is 35.0 Å². The Morgan fingerprint density at radius 1 is 1.17 bits per heavy atom. The number of hydrogen-bond donors (Lipinski definition) is 2. The van der Waals surface area contributed by atoms with Crippen molar-refractivity contribution in [2.75, 3.05) is 14.2 Å². The van der Waals surface area contributed by atoms with E-state index in [1.54, 1.807) is 19.1 Å². The molecule has 0 saturated carbocycles. The zero-order chi connectivity index (χ0) is 22.1. The van der Waals surface area contributed by atoms with Crippen molar-refractivity contribution in [2.45, 2.75) is 18.4 Å². The molecule has 154 valence electrons. The van der Waals surface area contributed by atoms with Crippen LogP contribution in [0.4, 0.5) is 11.4 Å². The van der Waals surface area contributed by atoms with Gasteiger partial charge >= 0.3 is 0 Å². The van der Waals surface area contributed by atoms with Crippen LogP contribution in [-0.2, 0) is 16.7 Å². The Morgan fingerprint density at radius 2 is 1.87 bits per heavy atom. The predicted octanol–water partition coefficient (Wildman–Crippen LogP) is 4.04. The van der Waals surface area contributed by atoms with Gasteiger partial charge in [0, 0.05) is 17.5 Å². The smallest absolute Gasteiger partial charge is 0.297 e. The van der Waals surface area contributed by atoms with Gasteiger partial charge < -0.3 is 14.7 Å². The first kappa shape index (κ1) is 21.8. The maximum Gasteiger partial charge on any atom is 0.297 e. The first-order valence-corrected chi connectivity index (χ1v) is 10.3. The van der Waals surface area contributed by atoms with Crippen LogP contribution in [0.5, 0.6) is 11.5 Å². The third kappa shape index (κ3) is 4.30. The Labute approximate surface area is 176 Å². The topological polar surface area (TPSA) is 112 Å². The lowest BCUT2D eigenvalue weighted by Gasteiger charge is -2.17. The van der Waals surface area contributed by atoms with Gasteiger partial charge in [0.15, 0.2) is 13.7 Å². The van der Waals surface area contributed by atoms with Crippen molar-refractivity contribution >= 4 is 40.2 Å². The number of phenolic OH excluding ortho intramolecular Hbond substituents is 1. The van der Waals surface area contributed by atoms with Gasteiger partial charge in [-0.15, -0.1) is 10.2 Å². The summed E-state index contributed by atoms with van der Waals surface area (Å²) in [6.45, 7) is 1.73. The highest BCUT2D eigenvalue weighted by Crippen LogP contribution is 2.40. The first-order chi connectivity index (χ1) is 14.1. The number of rotatable bonds is 6. The van der Waals surface area contributed by atoms with Crippen LogP contribution in [0, 0.1) is 6.92 Å². The third-order valence-electron chi connectivity index (χ3n) is 4.53. The maximum atomic E-state index is 12.1. The lowest BCUT2D eigenvalue weighted by Crippen LogP contribution is -2.16. The summed E-state index contributed by atoms with van der Waals surface area (Å²) >= 11 is 0. The normalized spacial score (nSPS) is 12.2. The molecule has 0 heterocycles. The van der Waals surface area contributed by atoms with Gasteiger partial charge in [-0.25, -0.2) is 0 Å². The Bertz CT molecular complexity index is 1240. The highest BCUT2D eigenvalue weighted by Gasteiger charge is 2.25. The zero-order valence-electron chi connectivity index (χ0n) is 16.7. The van der Waals surface area contributed by atoms with E-state index in [0.717, 1.165) is 5.39 Å². The summed E-state index contributed by atoms with van der Waals surface area (Å²) in [6.07, 6.45) is 0. The zero-order valence-corrected chi connectivity index (χ0v) is 17.5. The van der Waals surface area contributed by atoms with Gasteiger partial charge in [0.1, 0.15) is 22.0 Å². The van der Waals surface area contributed by atoms with Crippen LogP contribution >= 0.6 is 0 Å². The number of aryl methyl sites for hydroxylation is 1. The fourth-order valence-electron chi connectivity index (χ4n) is 3.24. The molecule has 0 bridgehead atoms. The summed E-state index contributed by atoms with van der Waals surface area (Å²) in [5.41, 5.74) is 0.880. The van der Waals surface area contributed by atoms with E-state index in [0.29, 0.717) is 10.9 Å². The van der Waals surface area contributed by atoms with Gasteiger partial charge in [-0.2, -0.15) is 8.42 Å². The summed E-state index contributed by atoms with van der Waals surface area (Å²) in [7, 11) is 3.92. The molecule has 0 aliphatic heterocycles. The van der Waals surface area contributed by atoms with Crippen molar-refractivity contribution in [3.05, 3.63) is 53.6 Å². The summed E-state index contributed by atoms with van der Waals surface area (Å²) in [6, 6.07) is 12.0. The average molecular weight is 425 g/mol. The molecule has 0 fully saturated rings. The highest BCUT2D eigenvalue weighted by molar-refractivity contribution is 7.86. The van der Waals surface area contributed by atoms with Gasteiger partial charge in [0.2, 0.25) is 0 Å². The largest absolute Gasteiger partial charge is 0.505 e. The second-order valence-electron chi connectivity index (χ2n) is 6.80. The minimum atomic E-state index is -4.68. The van der Waals surface area contributed by atoms with Crippen molar-refractivity contribution in [2.24, 2.45) is 10.2 Å². The van der Waals surface area contributed by atoms with Crippen LogP contribution in [0.1, 0.15) is 11.1 Å². The fourth-order valence-corrected chi connectivity index (χ4v) is 4.09. The van der Waals surface area contributed by atoms with Gasteiger partial charge in [0.25, 0.3) is 10.1 Å². The van der Waals surface area contributed by atoms with Crippen LogP contribution in [0.25, 0.3) is 10.8 Å². The van der Waals surface area contributed by atoms with Gasteiger partial charge in [0.05, 0.1) is 7.11 Å². The molecule has 8 nitrogen and oxygen atoms in total. The molecule has 2 N–H and O–H groups in total. The molecule has 30 heavy (non-hydrogen) atoms. The number of nitrogens with zero attached hydrogens (tertiary/aromatic N) is 3. The molecule has 3 rings (SSSR count). The molecule has 0 unspecified atom stereocenters. The van der Waals surface area contributed by atoms with E-state index < -0.39 is 15.0 Å². The number of ether oxygens (including phenoxy) is 1. The fraction of sp³-hybridized carbons (Fsp3) is 0.200. The number of fused-ring (bicyclic) bond motifs is 1. The minimum Gasteiger partial charge on any atom is -0.505 e. The van der Waals surface area contributed by atoms with Crippen LogP contribution in [0.3, 0.4) is 0 Å². The third-order valence-corrected chi connectivity index (χ3v) is 5.50. The maximum absolute atomic E-state index is 12.1. The van der Waals surface area contributed by atoms with Crippen LogP contribution < -0.4 is 4.74 Å². The van der Waals surface area contributed by atoms with Crippen LogP contribution in [-0.4, -0.2) is 45.0 Å². The van der Waals surface area contributed by atoms with Crippen molar-refractivity contribution in [3.63, 3.8) is 0 Å². The lowest BCUT2D eigenvalue weighted by atomic mass is 10.0. The molecule has 3 aromatic carbocycles. The van der Waals surface area contributed by atoms with E-state index in [2.05, 4.69) is 10.2 Å². The van der Waals surface area contributed by atoms with Crippen molar-refractivity contribution < 1.29 is 22.8 Å². The molecule has 2 radical (unpaired) electrons. The Hall–Kier alpha value is -2.95. The average Bonchev–Trinajstić information content (AvgIpc) is 2.66. The summed E-state index contributed by atoms with van der Waals surface area (Å²) in [5.74, 6) is 0.154. The molecular weight excluding hydrogens is 405 g/mol. The number of benzene rings is 3. The van der Waals surface area contributed by atoms with Crippen molar-refractivity contribution in [1.82, 2.24) is 4.81 Å². The number of hydrogen-bond acceptors (Lipinski definition) is 7. The molecule has 0 aromatic heterocycles. The second-order valence-corrected chi connectivity index (χ2v) is 8.16. The summed E-state index contributed by atoms with van der Waals surface area (Å²) in [4.78, 5) is 0.785. The van der Waals surface area contributed by atoms with Gasteiger partial charge in [-0.05, 0) is 43.1 Å². The van der Waals surface area contributed by atoms with Gasteiger partial charge in [-0.1, -0.05) is 24.3 Å². The van der Waals surface area contributed by atoms with E-state index in [1.165, 1.54) is 31.1 Å². The molecular formula is C20H20BN3O5S. The first-order valence-electron chi connectivity index (χ1n) is 8.89. The molecule has 0 spiro atoms. The van der Waals surface area contributed by atoms with Crippen LogP contribution in [0.2, 0.25) is 0 Å². The van der Waals surface area contributed by atoms with Crippen LogP contribution in [0.15, 0.2) is 57.6 Å². The highest BCUT2D eigenvalue weighted by atomic mass is 32.2. The summed E-state index contributed by atoms with van der Waals surface area (Å²) < 4.78 is 39.3.